The molecule has 1 saturated carbocycles. The van der Waals surface area contributed by atoms with Gasteiger partial charge in [-0.15, -0.1) is 24.0 Å². The Bertz CT molecular complexity index is 612. The highest BCUT2D eigenvalue weighted by molar-refractivity contribution is 14.0. The molecule has 4 nitrogen and oxygen atoms in total. The average molecular weight is 486 g/mol. The fraction of sp³-hybridized carbons (Fsp3) is 0.550. The van der Waals surface area contributed by atoms with E-state index in [1.165, 1.54) is 36.3 Å². The lowest BCUT2D eigenvalue weighted by Gasteiger charge is -2.20. The van der Waals surface area contributed by atoms with Crippen LogP contribution in [-0.2, 0) is 6.54 Å². The van der Waals surface area contributed by atoms with E-state index in [0.717, 1.165) is 30.8 Å². The SMILES string of the molecule is CCSC1CCC(NC(=NC)NCc2cccc(N3CC=CC3)c2)C1.I. The van der Waals surface area contributed by atoms with Crippen molar-refractivity contribution in [1.29, 1.82) is 0 Å². The maximum absolute atomic E-state index is 4.40. The van der Waals surface area contributed by atoms with Crippen molar-refractivity contribution in [3.63, 3.8) is 0 Å². The number of nitrogens with zero attached hydrogens (tertiary/aromatic N) is 2. The van der Waals surface area contributed by atoms with E-state index in [2.05, 4.69) is 75.6 Å². The fourth-order valence-electron chi connectivity index (χ4n) is 3.58. The lowest BCUT2D eigenvalue weighted by atomic mass is 10.2. The maximum Gasteiger partial charge on any atom is 0.191 e. The predicted octanol–water partition coefficient (Wildman–Crippen LogP) is 4.02. The minimum absolute atomic E-state index is 0. The van der Waals surface area contributed by atoms with Gasteiger partial charge in [-0.1, -0.05) is 31.2 Å². The molecule has 0 bridgehead atoms. The zero-order valence-corrected chi connectivity index (χ0v) is 18.9. The second kappa shape index (κ2) is 11.1. The molecule has 0 aromatic heterocycles. The van der Waals surface area contributed by atoms with Crippen LogP contribution in [0.3, 0.4) is 0 Å². The number of hydrogen-bond donors (Lipinski definition) is 2. The molecule has 6 heteroatoms. The van der Waals surface area contributed by atoms with Crippen LogP contribution in [0.2, 0.25) is 0 Å². The molecule has 2 unspecified atom stereocenters. The third-order valence-corrected chi connectivity index (χ3v) is 6.14. The number of hydrogen-bond acceptors (Lipinski definition) is 3. The van der Waals surface area contributed by atoms with Crippen molar-refractivity contribution < 1.29 is 0 Å². The highest BCUT2D eigenvalue weighted by atomic mass is 127. The molecular weight excluding hydrogens is 455 g/mol. The van der Waals surface area contributed by atoms with Crippen molar-refractivity contribution in [3.8, 4) is 0 Å². The summed E-state index contributed by atoms with van der Waals surface area (Å²) in [6, 6.07) is 9.34. The minimum atomic E-state index is 0. The summed E-state index contributed by atoms with van der Waals surface area (Å²) in [5.41, 5.74) is 2.58. The quantitative estimate of drug-likeness (QED) is 0.276. The second-order valence-corrected chi connectivity index (χ2v) is 8.28. The molecule has 2 atom stereocenters. The maximum atomic E-state index is 4.40. The zero-order chi connectivity index (χ0) is 17.5. The molecule has 26 heavy (non-hydrogen) atoms. The highest BCUT2D eigenvalue weighted by Gasteiger charge is 2.25. The molecule has 0 saturated heterocycles. The summed E-state index contributed by atoms with van der Waals surface area (Å²) in [4.78, 5) is 6.78. The molecule has 144 valence electrons. The van der Waals surface area contributed by atoms with E-state index in [-0.39, 0.29) is 24.0 Å². The van der Waals surface area contributed by atoms with Crippen molar-refractivity contribution in [1.82, 2.24) is 10.6 Å². The topological polar surface area (TPSA) is 39.7 Å². The normalized spacial score (nSPS) is 22.4. The van der Waals surface area contributed by atoms with Gasteiger partial charge in [-0.05, 0) is 42.7 Å². The summed E-state index contributed by atoms with van der Waals surface area (Å²) in [7, 11) is 1.86. The molecule has 3 rings (SSSR count). The van der Waals surface area contributed by atoms with Crippen LogP contribution in [0, 0.1) is 0 Å². The standard InChI is InChI=1S/C20H30N4S.HI/c1-3-25-19-10-9-17(14-19)23-20(21-2)22-15-16-7-6-8-18(13-16)24-11-4-5-12-24;/h4-8,13,17,19H,3,9-12,14-15H2,1-2H3,(H2,21,22,23);1H. The van der Waals surface area contributed by atoms with Gasteiger partial charge in [0, 0.05) is 43.7 Å². The molecule has 0 amide bonds. The molecule has 2 N–H and O–H groups in total. The smallest absolute Gasteiger partial charge is 0.191 e. The van der Waals surface area contributed by atoms with Crippen molar-refractivity contribution in [2.24, 2.45) is 4.99 Å². The molecule has 0 radical (unpaired) electrons. The Labute approximate surface area is 179 Å². The van der Waals surface area contributed by atoms with Gasteiger partial charge in [0.05, 0.1) is 0 Å². The first-order valence-electron chi connectivity index (χ1n) is 9.36. The first-order chi connectivity index (χ1) is 12.3. The van der Waals surface area contributed by atoms with E-state index in [4.69, 9.17) is 0 Å². The number of benzene rings is 1. The van der Waals surface area contributed by atoms with Crippen molar-refractivity contribution >= 4 is 47.4 Å². The van der Waals surface area contributed by atoms with Gasteiger partial charge in [-0.2, -0.15) is 11.8 Å². The van der Waals surface area contributed by atoms with Crippen LogP contribution in [0.15, 0.2) is 41.4 Å². The van der Waals surface area contributed by atoms with Gasteiger partial charge in [-0.25, -0.2) is 0 Å². The predicted molar refractivity (Wildman–Crippen MR) is 126 cm³/mol. The average Bonchev–Trinajstić information content (AvgIpc) is 3.31. The summed E-state index contributed by atoms with van der Waals surface area (Å²) >= 11 is 2.09. The van der Waals surface area contributed by atoms with Gasteiger partial charge >= 0.3 is 0 Å². The van der Waals surface area contributed by atoms with Crippen LogP contribution < -0.4 is 15.5 Å². The number of nitrogens with one attached hydrogen (secondary N) is 2. The first kappa shape index (κ1) is 21.4. The number of aliphatic imine (C=N–C) groups is 1. The van der Waals surface area contributed by atoms with Crippen molar-refractivity contribution in [3.05, 3.63) is 42.0 Å². The third-order valence-electron chi connectivity index (χ3n) is 4.91. The number of anilines is 1. The van der Waals surface area contributed by atoms with Crippen molar-refractivity contribution in [2.75, 3.05) is 30.8 Å². The largest absolute Gasteiger partial charge is 0.364 e. The lowest BCUT2D eigenvalue weighted by Crippen LogP contribution is -2.42. The second-order valence-electron chi connectivity index (χ2n) is 6.70. The van der Waals surface area contributed by atoms with E-state index >= 15 is 0 Å². The summed E-state index contributed by atoms with van der Waals surface area (Å²) in [5.74, 6) is 2.13. The van der Waals surface area contributed by atoms with Crippen LogP contribution in [0.1, 0.15) is 31.7 Å². The molecule has 0 spiro atoms. The van der Waals surface area contributed by atoms with Gasteiger partial charge < -0.3 is 15.5 Å². The summed E-state index contributed by atoms with van der Waals surface area (Å²) in [6.07, 6.45) is 8.26. The van der Waals surface area contributed by atoms with E-state index < -0.39 is 0 Å². The monoisotopic (exact) mass is 486 g/mol. The molecule has 1 aliphatic heterocycles. The molecule has 1 heterocycles. The Morgan fingerprint density at radius 1 is 1.27 bits per heavy atom. The molecule has 1 aromatic rings. The van der Waals surface area contributed by atoms with Crippen LogP contribution in [0.25, 0.3) is 0 Å². The number of rotatable bonds is 6. The minimum Gasteiger partial charge on any atom is -0.364 e. The van der Waals surface area contributed by atoms with E-state index in [9.17, 15) is 0 Å². The Kier molecular flexibility index (Phi) is 9.11. The van der Waals surface area contributed by atoms with Crippen molar-refractivity contribution in [2.45, 2.75) is 44.0 Å². The highest BCUT2D eigenvalue weighted by Crippen LogP contribution is 2.29. The zero-order valence-electron chi connectivity index (χ0n) is 15.8. The van der Waals surface area contributed by atoms with Crippen LogP contribution >= 0.6 is 35.7 Å². The molecule has 1 aromatic carbocycles. The van der Waals surface area contributed by atoms with Crippen LogP contribution in [-0.4, -0.2) is 43.1 Å². The Morgan fingerprint density at radius 3 is 2.81 bits per heavy atom. The third kappa shape index (κ3) is 6.08. The first-order valence-corrected chi connectivity index (χ1v) is 10.4. The van der Waals surface area contributed by atoms with E-state index in [1.807, 2.05) is 7.05 Å². The van der Waals surface area contributed by atoms with E-state index in [0.29, 0.717) is 6.04 Å². The molecule has 1 fully saturated rings. The number of halogens is 1. The summed E-state index contributed by atoms with van der Waals surface area (Å²) in [6.45, 7) is 5.07. The molecule has 2 aliphatic rings. The Hall–Kier alpha value is -0.890. The van der Waals surface area contributed by atoms with Gasteiger partial charge in [0.1, 0.15) is 0 Å². The Balaban J connectivity index is 0.00000243. The molecular formula is C20H31IN4S. The van der Waals surface area contributed by atoms with Gasteiger partial charge in [0.2, 0.25) is 0 Å². The molecule has 1 aliphatic carbocycles. The fourth-order valence-corrected chi connectivity index (χ4v) is 4.73. The van der Waals surface area contributed by atoms with Crippen LogP contribution in [0.4, 0.5) is 5.69 Å². The van der Waals surface area contributed by atoms with Crippen LogP contribution in [0.5, 0.6) is 0 Å². The number of guanidine groups is 1. The lowest BCUT2D eigenvalue weighted by molar-refractivity contribution is 0.614. The summed E-state index contributed by atoms with van der Waals surface area (Å²) in [5, 5.41) is 7.89. The Morgan fingerprint density at radius 2 is 2.08 bits per heavy atom. The van der Waals surface area contributed by atoms with Gasteiger partial charge in [0.15, 0.2) is 5.96 Å². The van der Waals surface area contributed by atoms with E-state index in [1.54, 1.807) is 0 Å². The number of thioether (sulfide) groups is 1. The summed E-state index contributed by atoms with van der Waals surface area (Å²) < 4.78 is 0. The van der Waals surface area contributed by atoms with Gasteiger partial charge in [-0.3, -0.25) is 4.99 Å². The van der Waals surface area contributed by atoms with Gasteiger partial charge in [0.25, 0.3) is 0 Å².